The Morgan fingerprint density at radius 3 is 2.79 bits per heavy atom. The second-order valence-electron chi connectivity index (χ2n) is 5.42. The van der Waals surface area contributed by atoms with Gasteiger partial charge in [0.15, 0.2) is 0 Å². The van der Waals surface area contributed by atoms with E-state index in [1.807, 2.05) is 31.2 Å². The number of hydrogen-bond donors (Lipinski definition) is 1. The highest BCUT2D eigenvalue weighted by Gasteiger charge is 2.16. The van der Waals surface area contributed by atoms with E-state index in [0.717, 1.165) is 11.3 Å². The molecule has 3 aromatic rings. The summed E-state index contributed by atoms with van der Waals surface area (Å²) < 4.78 is 5.43. The Hall–Kier alpha value is -2.95. The number of aromatic nitrogens is 3. The molecule has 0 bridgehead atoms. The zero-order valence-electron chi connectivity index (χ0n) is 13.8. The summed E-state index contributed by atoms with van der Waals surface area (Å²) >= 11 is 0. The standard InChI is InChI=1S/C19H20N4O/c1-3-24-18-13-20-12-17(22-18)23-19(16-9-4-5-10-21-16)15-8-6-7-14(2)11-15/h4-13,19H,3H2,1-2H3,(H,22,23). The van der Waals surface area contributed by atoms with E-state index in [0.29, 0.717) is 18.3 Å². The zero-order valence-corrected chi connectivity index (χ0v) is 13.8. The molecule has 1 aromatic carbocycles. The van der Waals surface area contributed by atoms with Gasteiger partial charge in [-0.1, -0.05) is 35.9 Å². The minimum atomic E-state index is -0.114. The number of nitrogens with one attached hydrogen (secondary N) is 1. The maximum Gasteiger partial charge on any atom is 0.234 e. The fourth-order valence-corrected chi connectivity index (χ4v) is 2.51. The molecule has 0 aliphatic carbocycles. The van der Waals surface area contributed by atoms with Crippen LogP contribution >= 0.6 is 0 Å². The van der Waals surface area contributed by atoms with Gasteiger partial charge in [0.2, 0.25) is 5.88 Å². The van der Waals surface area contributed by atoms with Crippen LogP contribution in [0, 0.1) is 6.92 Å². The Kier molecular flexibility index (Phi) is 5.01. The minimum Gasteiger partial charge on any atom is -0.477 e. The van der Waals surface area contributed by atoms with Gasteiger partial charge in [-0.25, -0.2) is 0 Å². The van der Waals surface area contributed by atoms with Crippen molar-refractivity contribution < 1.29 is 4.74 Å². The lowest BCUT2D eigenvalue weighted by atomic mass is 10.0. The predicted octanol–water partition coefficient (Wildman–Crippen LogP) is 3.78. The van der Waals surface area contributed by atoms with E-state index in [9.17, 15) is 0 Å². The quantitative estimate of drug-likeness (QED) is 0.749. The summed E-state index contributed by atoms with van der Waals surface area (Å²) in [5.74, 6) is 1.16. The van der Waals surface area contributed by atoms with E-state index in [1.54, 1.807) is 18.6 Å². The molecule has 0 fully saturated rings. The first kappa shape index (κ1) is 15.9. The molecule has 24 heavy (non-hydrogen) atoms. The smallest absolute Gasteiger partial charge is 0.234 e. The summed E-state index contributed by atoms with van der Waals surface area (Å²) in [5, 5.41) is 3.42. The Balaban J connectivity index is 1.95. The molecule has 0 aliphatic rings. The molecular formula is C19H20N4O. The average Bonchev–Trinajstić information content (AvgIpc) is 2.61. The average molecular weight is 320 g/mol. The van der Waals surface area contributed by atoms with Crippen molar-refractivity contribution >= 4 is 5.82 Å². The molecule has 1 atom stereocenters. The van der Waals surface area contributed by atoms with Gasteiger partial charge in [0.25, 0.3) is 0 Å². The topological polar surface area (TPSA) is 59.9 Å². The lowest BCUT2D eigenvalue weighted by Gasteiger charge is -2.20. The highest BCUT2D eigenvalue weighted by molar-refractivity contribution is 5.43. The van der Waals surface area contributed by atoms with Crippen molar-refractivity contribution in [2.24, 2.45) is 0 Å². The number of anilines is 1. The largest absolute Gasteiger partial charge is 0.477 e. The van der Waals surface area contributed by atoms with Gasteiger partial charge in [-0.15, -0.1) is 0 Å². The van der Waals surface area contributed by atoms with Crippen molar-refractivity contribution in [1.29, 1.82) is 0 Å². The van der Waals surface area contributed by atoms with Gasteiger partial charge in [-0.05, 0) is 31.5 Å². The number of pyridine rings is 1. The van der Waals surface area contributed by atoms with E-state index >= 15 is 0 Å². The fourth-order valence-electron chi connectivity index (χ4n) is 2.51. The molecule has 0 saturated carbocycles. The van der Waals surface area contributed by atoms with Gasteiger partial charge >= 0.3 is 0 Å². The molecule has 2 aromatic heterocycles. The number of ether oxygens (including phenoxy) is 1. The highest BCUT2D eigenvalue weighted by atomic mass is 16.5. The van der Waals surface area contributed by atoms with Crippen molar-refractivity contribution in [2.75, 3.05) is 11.9 Å². The van der Waals surface area contributed by atoms with Crippen LogP contribution in [-0.4, -0.2) is 21.6 Å². The van der Waals surface area contributed by atoms with E-state index in [4.69, 9.17) is 4.74 Å². The number of rotatable bonds is 6. The van der Waals surface area contributed by atoms with Crippen molar-refractivity contribution in [3.63, 3.8) is 0 Å². The summed E-state index contributed by atoms with van der Waals surface area (Å²) in [4.78, 5) is 13.1. The summed E-state index contributed by atoms with van der Waals surface area (Å²) in [6.07, 6.45) is 5.09. The molecule has 5 nitrogen and oxygen atoms in total. The van der Waals surface area contributed by atoms with Crippen LogP contribution in [0.4, 0.5) is 5.82 Å². The molecule has 3 rings (SSSR count). The van der Waals surface area contributed by atoms with E-state index in [-0.39, 0.29) is 6.04 Å². The Labute approximate surface area is 141 Å². The van der Waals surface area contributed by atoms with Crippen LogP contribution in [0.2, 0.25) is 0 Å². The first-order valence-electron chi connectivity index (χ1n) is 7.95. The first-order chi connectivity index (χ1) is 11.8. The second kappa shape index (κ2) is 7.55. The van der Waals surface area contributed by atoms with E-state index in [2.05, 4.69) is 45.4 Å². The van der Waals surface area contributed by atoms with Crippen LogP contribution in [-0.2, 0) is 0 Å². The van der Waals surface area contributed by atoms with Gasteiger partial charge in [0, 0.05) is 6.20 Å². The third-order valence-corrected chi connectivity index (χ3v) is 3.56. The molecule has 5 heteroatoms. The molecule has 0 saturated heterocycles. The molecule has 2 heterocycles. The van der Waals surface area contributed by atoms with Gasteiger partial charge in [0.05, 0.1) is 30.7 Å². The van der Waals surface area contributed by atoms with Crippen molar-refractivity contribution in [3.05, 3.63) is 77.9 Å². The van der Waals surface area contributed by atoms with Gasteiger partial charge in [-0.3, -0.25) is 9.97 Å². The van der Waals surface area contributed by atoms with Crippen LogP contribution in [0.3, 0.4) is 0 Å². The van der Waals surface area contributed by atoms with E-state index in [1.165, 1.54) is 5.56 Å². The lowest BCUT2D eigenvalue weighted by Crippen LogP contribution is -2.15. The number of aryl methyl sites for hydroxylation is 1. The highest BCUT2D eigenvalue weighted by Crippen LogP contribution is 2.25. The summed E-state index contributed by atoms with van der Waals surface area (Å²) in [5.41, 5.74) is 3.24. The van der Waals surface area contributed by atoms with Crippen LogP contribution in [0.1, 0.15) is 29.8 Å². The van der Waals surface area contributed by atoms with Gasteiger partial charge in [0.1, 0.15) is 5.82 Å². The number of nitrogens with zero attached hydrogens (tertiary/aromatic N) is 3. The fraction of sp³-hybridized carbons (Fsp3) is 0.211. The first-order valence-corrected chi connectivity index (χ1v) is 7.95. The Bertz CT molecular complexity index is 792. The van der Waals surface area contributed by atoms with Crippen molar-refractivity contribution in [2.45, 2.75) is 19.9 Å². The van der Waals surface area contributed by atoms with Crippen LogP contribution in [0.15, 0.2) is 61.1 Å². The second-order valence-corrected chi connectivity index (χ2v) is 5.42. The maximum atomic E-state index is 5.43. The molecule has 0 spiro atoms. The maximum absolute atomic E-state index is 5.43. The normalized spacial score (nSPS) is 11.8. The molecular weight excluding hydrogens is 300 g/mol. The summed E-state index contributed by atoms with van der Waals surface area (Å²) in [6, 6.07) is 14.1. The third-order valence-electron chi connectivity index (χ3n) is 3.56. The molecule has 122 valence electrons. The zero-order chi connectivity index (χ0) is 16.8. The van der Waals surface area contributed by atoms with Crippen LogP contribution < -0.4 is 10.1 Å². The summed E-state index contributed by atoms with van der Waals surface area (Å²) in [7, 11) is 0. The van der Waals surface area contributed by atoms with Crippen LogP contribution in [0.25, 0.3) is 0 Å². The van der Waals surface area contributed by atoms with Gasteiger partial charge < -0.3 is 10.1 Å². The molecule has 1 N–H and O–H groups in total. The number of benzene rings is 1. The SMILES string of the molecule is CCOc1cncc(NC(c2cccc(C)c2)c2ccccn2)n1. The Morgan fingerprint density at radius 2 is 2.04 bits per heavy atom. The molecule has 1 unspecified atom stereocenters. The molecule has 0 amide bonds. The molecule has 0 radical (unpaired) electrons. The summed E-state index contributed by atoms with van der Waals surface area (Å²) in [6.45, 7) is 4.55. The Morgan fingerprint density at radius 1 is 1.12 bits per heavy atom. The van der Waals surface area contributed by atoms with Crippen molar-refractivity contribution in [1.82, 2.24) is 15.0 Å². The monoisotopic (exact) mass is 320 g/mol. The predicted molar refractivity (Wildman–Crippen MR) is 94.1 cm³/mol. The van der Waals surface area contributed by atoms with E-state index < -0.39 is 0 Å². The van der Waals surface area contributed by atoms with Gasteiger partial charge in [-0.2, -0.15) is 4.98 Å². The minimum absolute atomic E-state index is 0.114. The lowest BCUT2D eigenvalue weighted by molar-refractivity contribution is 0.325. The van der Waals surface area contributed by atoms with Crippen molar-refractivity contribution in [3.8, 4) is 5.88 Å². The third kappa shape index (κ3) is 3.87. The number of hydrogen-bond acceptors (Lipinski definition) is 5. The van der Waals surface area contributed by atoms with Crippen LogP contribution in [0.5, 0.6) is 5.88 Å². The molecule has 0 aliphatic heterocycles.